The van der Waals surface area contributed by atoms with Crippen molar-refractivity contribution in [2.45, 2.75) is 45.9 Å². The van der Waals surface area contributed by atoms with Crippen molar-refractivity contribution in [2.75, 3.05) is 19.8 Å². The molecule has 2 aromatic heterocycles. The van der Waals surface area contributed by atoms with Gasteiger partial charge in [0, 0.05) is 49.1 Å². The lowest BCUT2D eigenvalue weighted by Crippen LogP contribution is -2.29. The van der Waals surface area contributed by atoms with E-state index >= 15 is 0 Å². The molecule has 2 aromatic rings. The number of nitrogens with zero attached hydrogens (tertiary/aromatic N) is 3. The molecule has 2 aliphatic rings. The van der Waals surface area contributed by atoms with Crippen LogP contribution >= 0.6 is 0 Å². The number of halogens is 1. The van der Waals surface area contributed by atoms with E-state index < -0.39 is 0 Å². The Morgan fingerprint density at radius 1 is 1.30 bits per heavy atom. The minimum Gasteiger partial charge on any atom is -0.489 e. The number of ether oxygens (including phenoxy) is 3. The lowest BCUT2D eigenvalue weighted by Gasteiger charge is -2.22. The first-order valence-corrected chi connectivity index (χ1v) is 9.29. The van der Waals surface area contributed by atoms with Crippen molar-refractivity contribution in [2.24, 2.45) is 0 Å². The molecule has 2 aliphatic heterocycles. The molecule has 0 saturated carbocycles. The second-order valence-electron chi connectivity index (χ2n) is 7.19. The van der Waals surface area contributed by atoms with Gasteiger partial charge in [-0.1, -0.05) is 0 Å². The summed E-state index contributed by atoms with van der Waals surface area (Å²) in [6.45, 7) is 8.11. The molecule has 0 N–H and O–H groups in total. The Labute approximate surface area is 158 Å². The van der Waals surface area contributed by atoms with Crippen molar-refractivity contribution in [3.05, 3.63) is 41.1 Å². The standard InChI is InChI=1S/C20H24FN3O3/c1-12-8-15(27-18-4-5-22-14(3)13(18)2)10-24(12)11-17-16(21)9-19-20(23-17)26-7-6-25-19/h4-5,9,12,15H,6-8,10-11H2,1-3H3/t12-,15+/m0/s1. The number of hydrogen-bond donors (Lipinski definition) is 0. The summed E-state index contributed by atoms with van der Waals surface area (Å²) >= 11 is 0. The van der Waals surface area contributed by atoms with Crippen LogP contribution in [0.15, 0.2) is 18.3 Å². The molecular weight excluding hydrogens is 349 g/mol. The number of pyridine rings is 2. The molecule has 0 aliphatic carbocycles. The van der Waals surface area contributed by atoms with Crippen LogP contribution in [0.3, 0.4) is 0 Å². The van der Waals surface area contributed by atoms with E-state index in [2.05, 4.69) is 21.8 Å². The molecule has 0 unspecified atom stereocenters. The summed E-state index contributed by atoms with van der Waals surface area (Å²) in [5.74, 6) is 1.25. The van der Waals surface area contributed by atoms with Crippen LogP contribution < -0.4 is 14.2 Å². The molecule has 27 heavy (non-hydrogen) atoms. The first-order valence-electron chi connectivity index (χ1n) is 9.29. The Balaban J connectivity index is 1.45. The van der Waals surface area contributed by atoms with Crippen molar-refractivity contribution >= 4 is 0 Å². The van der Waals surface area contributed by atoms with Gasteiger partial charge in [-0.15, -0.1) is 0 Å². The summed E-state index contributed by atoms with van der Waals surface area (Å²) in [5.41, 5.74) is 2.41. The molecule has 144 valence electrons. The normalized spacial score (nSPS) is 22.1. The highest BCUT2D eigenvalue weighted by molar-refractivity contribution is 5.37. The van der Waals surface area contributed by atoms with Gasteiger partial charge in [-0.2, -0.15) is 0 Å². The highest BCUT2D eigenvalue weighted by Gasteiger charge is 2.32. The molecule has 0 aromatic carbocycles. The quantitative estimate of drug-likeness (QED) is 0.821. The highest BCUT2D eigenvalue weighted by Crippen LogP contribution is 2.31. The minimum atomic E-state index is -0.364. The van der Waals surface area contributed by atoms with Gasteiger partial charge < -0.3 is 14.2 Å². The zero-order valence-corrected chi connectivity index (χ0v) is 15.9. The Morgan fingerprint density at radius 3 is 2.96 bits per heavy atom. The third-order valence-corrected chi connectivity index (χ3v) is 5.28. The van der Waals surface area contributed by atoms with Crippen LogP contribution in [-0.4, -0.2) is 46.8 Å². The fourth-order valence-corrected chi connectivity index (χ4v) is 3.57. The number of aryl methyl sites for hydroxylation is 1. The summed E-state index contributed by atoms with van der Waals surface area (Å²) in [5, 5.41) is 0. The maximum Gasteiger partial charge on any atom is 0.257 e. The maximum absolute atomic E-state index is 14.4. The summed E-state index contributed by atoms with van der Waals surface area (Å²) < 4.78 is 31.5. The van der Waals surface area contributed by atoms with Crippen LogP contribution in [0.2, 0.25) is 0 Å². The molecule has 0 bridgehead atoms. The number of fused-ring (bicyclic) bond motifs is 1. The molecule has 0 spiro atoms. The monoisotopic (exact) mass is 373 g/mol. The van der Waals surface area contributed by atoms with Gasteiger partial charge in [0.1, 0.15) is 30.9 Å². The van der Waals surface area contributed by atoms with Crippen LogP contribution in [-0.2, 0) is 6.54 Å². The highest BCUT2D eigenvalue weighted by atomic mass is 19.1. The van der Waals surface area contributed by atoms with Gasteiger partial charge in [-0.25, -0.2) is 9.37 Å². The van der Waals surface area contributed by atoms with Gasteiger partial charge in [0.05, 0.1) is 5.69 Å². The van der Waals surface area contributed by atoms with Gasteiger partial charge in [0.25, 0.3) is 5.88 Å². The summed E-state index contributed by atoms with van der Waals surface area (Å²) in [4.78, 5) is 10.8. The van der Waals surface area contributed by atoms with Crippen LogP contribution in [0.5, 0.6) is 17.4 Å². The Kier molecular flexibility index (Phi) is 4.86. The van der Waals surface area contributed by atoms with E-state index in [4.69, 9.17) is 14.2 Å². The van der Waals surface area contributed by atoms with Gasteiger partial charge >= 0.3 is 0 Å². The maximum atomic E-state index is 14.4. The largest absolute Gasteiger partial charge is 0.489 e. The van der Waals surface area contributed by atoms with Crippen LogP contribution in [0, 0.1) is 19.7 Å². The number of rotatable bonds is 4. The van der Waals surface area contributed by atoms with Crippen LogP contribution in [0.1, 0.15) is 30.3 Å². The van der Waals surface area contributed by atoms with Crippen LogP contribution in [0.25, 0.3) is 0 Å². The smallest absolute Gasteiger partial charge is 0.257 e. The lowest BCUT2D eigenvalue weighted by molar-refractivity contribution is 0.160. The molecular formula is C20H24FN3O3. The van der Waals surface area contributed by atoms with E-state index in [1.807, 2.05) is 19.9 Å². The predicted molar refractivity (Wildman–Crippen MR) is 97.8 cm³/mol. The van der Waals surface area contributed by atoms with E-state index in [0.29, 0.717) is 37.1 Å². The molecule has 1 fully saturated rings. The fraction of sp³-hybridized carbons (Fsp3) is 0.500. The van der Waals surface area contributed by atoms with Crippen molar-refractivity contribution in [1.82, 2.24) is 14.9 Å². The summed E-state index contributed by atoms with van der Waals surface area (Å²) in [6.07, 6.45) is 2.70. The van der Waals surface area contributed by atoms with Crippen LogP contribution in [0.4, 0.5) is 4.39 Å². The number of hydrogen-bond acceptors (Lipinski definition) is 6. The zero-order valence-electron chi connectivity index (χ0n) is 15.9. The lowest BCUT2D eigenvalue weighted by atomic mass is 10.2. The second-order valence-corrected chi connectivity index (χ2v) is 7.19. The fourth-order valence-electron chi connectivity index (χ4n) is 3.57. The Bertz CT molecular complexity index is 845. The molecule has 0 amide bonds. The van der Waals surface area contributed by atoms with E-state index in [0.717, 1.165) is 30.0 Å². The SMILES string of the molecule is Cc1nccc(O[C@@H]2C[C@H](C)N(Cc3nc4c(cc3F)OCCO4)C2)c1C. The second kappa shape index (κ2) is 7.31. The molecule has 6 nitrogen and oxygen atoms in total. The molecule has 4 heterocycles. The predicted octanol–water partition coefficient (Wildman–Crippen LogP) is 3.05. The minimum absolute atomic E-state index is 0.0563. The van der Waals surface area contributed by atoms with Gasteiger partial charge in [-0.3, -0.25) is 9.88 Å². The van der Waals surface area contributed by atoms with E-state index in [-0.39, 0.29) is 18.0 Å². The van der Waals surface area contributed by atoms with Gasteiger partial charge in [0.15, 0.2) is 5.75 Å². The van der Waals surface area contributed by atoms with Crippen molar-refractivity contribution < 1.29 is 18.6 Å². The average Bonchev–Trinajstić information content (AvgIpc) is 2.99. The molecule has 1 saturated heterocycles. The average molecular weight is 373 g/mol. The zero-order chi connectivity index (χ0) is 19.0. The Hall–Kier alpha value is -2.41. The molecule has 0 radical (unpaired) electrons. The Morgan fingerprint density at radius 2 is 2.11 bits per heavy atom. The molecule has 7 heteroatoms. The summed E-state index contributed by atoms with van der Waals surface area (Å²) in [6, 6.07) is 3.54. The first kappa shape index (κ1) is 18.0. The van der Waals surface area contributed by atoms with Crippen molar-refractivity contribution in [3.63, 3.8) is 0 Å². The van der Waals surface area contributed by atoms with Crippen molar-refractivity contribution in [3.8, 4) is 17.4 Å². The molecule has 4 rings (SSSR count). The number of aromatic nitrogens is 2. The topological polar surface area (TPSA) is 56.7 Å². The van der Waals surface area contributed by atoms with Gasteiger partial charge in [-0.05, 0) is 26.8 Å². The first-order chi connectivity index (χ1) is 13.0. The molecule has 2 atom stereocenters. The summed E-state index contributed by atoms with van der Waals surface area (Å²) in [7, 11) is 0. The van der Waals surface area contributed by atoms with Gasteiger partial charge in [0.2, 0.25) is 0 Å². The van der Waals surface area contributed by atoms with E-state index in [1.165, 1.54) is 6.07 Å². The van der Waals surface area contributed by atoms with E-state index in [9.17, 15) is 4.39 Å². The third kappa shape index (κ3) is 3.69. The third-order valence-electron chi connectivity index (χ3n) is 5.28. The number of likely N-dealkylation sites (tertiary alicyclic amines) is 1. The van der Waals surface area contributed by atoms with Crippen molar-refractivity contribution in [1.29, 1.82) is 0 Å². The van der Waals surface area contributed by atoms with E-state index in [1.54, 1.807) is 6.20 Å².